The Kier molecular flexibility index (Phi) is 4.14. The Labute approximate surface area is 97.7 Å². The monoisotopic (exact) mass is 244 g/mol. The van der Waals surface area contributed by atoms with Gasteiger partial charge in [-0.25, -0.2) is 9.18 Å². The van der Waals surface area contributed by atoms with E-state index < -0.39 is 12.1 Å². The molecule has 0 aliphatic rings. The van der Waals surface area contributed by atoms with Crippen molar-refractivity contribution in [2.75, 3.05) is 21.3 Å². The van der Waals surface area contributed by atoms with Crippen molar-refractivity contribution in [2.45, 2.75) is 6.17 Å². The average molecular weight is 244 g/mol. The lowest BCUT2D eigenvalue weighted by atomic mass is 10.1. The van der Waals surface area contributed by atoms with E-state index >= 15 is 0 Å². The summed E-state index contributed by atoms with van der Waals surface area (Å²) < 4.78 is 28.4. The first-order valence-corrected chi connectivity index (χ1v) is 4.72. The molecule has 1 N–H and O–H groups in total. The number of ether oxygens (including phenoxy) is 3. The second kappa shape index (κ2) is 5.38. The highest BCUT2D eigenvalue weighted by Gasteiger charge is 2.25. The highest BCUT2D eigenvalue weighted by molar-refractivity contribution is 5.76. The first kappa shape index (κ1) is 13.1. The van der Waals surface area contributed by atoms with Crippen LogP contribution in [0.4, 0.5) is 4.39 Å². The first-order valence-electron chi connectivity index (χ1n) is 4.72. The van der Waals surface area contributed by atoms with E-state index in [1.165, 1.54) is 33.5 Å². The van der Waals surface area contributed by atoms with Crippen molar-refractivity contribution in [1.82, 2.24) is 0 Å². The molecule has 0 aromatic heterocycles. The fraction of sp³-hybridized carbons (Fsp3) is 0.364. The van der Waals surface area contributed by atoms with Gasteiger partial charge < -0.3 is 19.3 Å². The van der Waals surface area contributed by atoms with Gasteiger partial charge in [0.25, 0.3) is 0 Å². The lowest BCUT2D eigenvalue weighted by molar-refractivity contribution is -0.143. The summed E-state index contributed by atoms with van der Waals surface area (Å²) in [4.78, 5) is 10.6. The Hall–Kier alpha value is -1.98. The summed E-state index contributed by atoms with van der Waals surface area (Å²) in [5, 5.41) is 8.64. The van der Waals surface area contributed by atoms with Crippen molar-refractivity contribution in [3.8, 4) is 17.2 Å². The third-order valence-corrected chi connectivity index (χ3v) is 2.23. The molecule has 0 saturated heterocycles. The molecule has 0 amide bonds. The van der Waals surface area contributed by atoms with Crippen molar-refractivity contribution >= 4 is 5.97 Å². The largest absolute Gasteiger partial charge is 0.496 e. The molecule has 1 aromatic carbocycles. The first-order chi connectivity index (χ1) is 8.04. The molecular formula is C11H13FO5. The van der Waals surface area contributed by atoms with Crippen LogP contribution in [0.3, 0.4) is 0 Å². The molecule has 5 nitrogen and oxygen atoms in total. The van der Waals surface area contributed by atoms with Crippen molar-refractivity contribution in [1.29, 1.82) is 0 Å². The van der Waals surface area contributed by atoms with Gasteiger partial charge in [0, 0.05) is 11.6 Å². The third-order valence-electron chi connectivity index (χ3n) is 2.23. The van der Waals surface area contributed by atoms with E-state index in [4.69, 9.17) is 19.3 Å². The smallest absolute Gasteiger partial charge is 0.343 e. The van der Waals surface area contributed by atoms with Crippen LogP contribution in [-0.2, 0) is 4.79 Å². The van der Waals surface area contributed by atoms with Gasteiger partial charge in [-0.1, -0.05) is 0 Å². The SMILES string of the molecule is COc1cc(OC)c(C(F)C(=O)O)cc1OC. The van der Waals surface area contributed by atoms with Crippen LogP contribution in [0.1, 0.15) is 11.7 Å². The van der Waals surface area contributed by atoms with Crippen LogP contribution in [0.5, 0.6) is 17.2 Å². The van der Waals surface area contributed by atoms with Crippen LogP contribution in [-0.4, -0.2) is 32.4 Å². The molecule has 0 bridgehead atoms. The van der Waals surface area contributed by atoms with Crippen LogP contribution in [0.15, 0.2) is 12.1 Å². The Morgan fingerprint density at radius 2 is 1.59 bits per heavy atom. The van der Waals surface area contributed by atoms with Gasteiger partial charge in [-0.3, -0.25) is 0 Å². The fourth-order valence-corrected chi connectivity index (χ4v) is 1.38. The summed E-state index contributed by atoms with van der Waals surface area (Å²) >= 11 is 0. The second-order valence-corrected chi connectivity index (χ2v) is 3.15. The standard InChI is InChI=1S/C11H13FO5/c1-15-7-5-9(17-3)8(16-2)4-6(7)10(12)11(13)14/h4-5,10H,1-3H3,(H,13,14). The summed E-state index contributed by atoms with van der Waals surface area (Å²) in [5.41, 5.74) is -0.113. The van der Waals surface area contributed by atoms with Crippen LogP contribution < -0.4 is 14.2 Å². The molecule has 1 rings (SSSR count). The molecule has 17 heavy (non-hydrogen) atoms. The molecule has 0 radical (unpaired) electrons. The van der Waals surface area contributed by atoms with Crippen LogP contribution in [0, 0.1) is 0 Å². The summed E-state index contributed by atoms with van der Waals surface area (Å²) in [6, 6.07) is 2.63. The predicted octanol–water partition coefficient (Wildman–Crippen LogP) is 1.81. The number of halogens is 1. The second-order valence-electron chi connectivity index (χ2n) is 3.15. The number of rotatable bonds is 5. The van der Waals surface area contributed by atoms with Crippen LogP contribution in [0.25, 0.3) is 0 Å². The topological polar surface area (TPSA) is 65.0 Å². The highest BCUT2D eigenvalue weighted by Crippen LogP contribution is 2.38. The van der Waals surface area contributed by atoms with Gasteiger partial charge in [-0.2, -0.15) is 0 Å². The zero-order valence-corrected chi connectivity index (χ0v) is 9.69. The molecule has 0 fully saturated rings. The molecule has 0 aliphatic carbocycles. The number of benzene rings is 1. The van der Waals surface area contributed by atoms with Gasteiger partial charge in [0.1, 0.15) is 5.75 Å². The van der Waals surface area contributed by atoms with E-state index in [1.807, 2.05) is 0 Å². The number of alkyl halides is 1. The molecule has 0 heterocycles. The zero-order chi connectivity index (χ0) is 13.0. The number of aliphatic carboxylic acids is 1. The Balaban J connectivity index is 3.33. The summed E-state index contributed by atoms with van der Waals surface area (Å²) in [6.45, 7) is 0. The molecule has 0 aliphatic heterocycles. The maximum atomic E-state index is 13.5. The summed E-state index contributed by atoms with van der Waals surface area (Å²) in [5.74, 6) is -0.911. The Morgan fingerprint density at radius 1 is 1.12 bits per heavy atom. The van der Waals surface area contributed by atoms with Crippen molar-refractivity contribution in [2.24, 2.45) is 0 Å². The third kappa shape index (κ3) is 2.58. The zero-order valence-electron chi connectivity index (χ0n) is 9.69. The van der Waals surface area contributed by atoms with Crippen molar-refractivity contribution in [3.63, 3.8) is 0 Å². The lowest BCUT2D eigenvalue weighted by Crippen LogP contribution is -2.08. The van der Waals surface area contributed by atoms with E-state index in [0.717, 1.165) is 0 Å². The normalized spacial score (nSPS) is 11.8. The van der Waals surface area contributed by atoms with Gasteiger partial charge in [0.2, 0.25) is 6.17 Å². The van der Waals surface area contributed by atoms with Gasteiger partial charge in [-0.05, 0) is 6.07 Å². The van der Waals surface area contributed by atoms with Gasteiger partial charge >= 0.3 is 5.97 Å². The minimum absolute atomic E-state index is 0.0950. The highest BCUT2D eigenvalue weighted by atomic mass is 19.1. The summed E-state index contributed by atoms with van der Waals surface area (Å²) in [6.07, 6.45) is -2.18. The van der Waals surface area contributed by atoms with E-state index in [1.54, 1.807) is 0 Å². The number of hydrogen-bond donors (Lipinski definition) is 1. The van der Waals surface area contributed by atoms with Crippen LogP contribution >= 0.6 is 0 Å². The lowest BCUT2D eigenvalue weighted by Gasteiger charge is -2.14. The predicted molar refractivity (Wildman–Crippen MR) is 57.6 cm³/mol. The number of carboxylic acids is 1. The fourth-order valence-electron chi connectivity index (χ4n) is 1.38. The Morgan fingerprint density at radius 3 is 2.00 bits per heavy atom. The number of methoxy groups -OCH3 is 3. The molecule has 94 valence electrons. The van der Waals surface area contributed by atoms with Crippen molar-refractivity contribution in [3.05, 3.63) is 17.7 Å². The molecule has 1 unspecified atom stereocenters. The van der Waals surface area contributed by atoms with E-state index in [0.29, 0.717) is 5.75 Å². The van der Waals surface area contributed by atoms with Gasteiger partial charge in [0.05, 0.1) is 21.3 Å². The molecule has 6 heteroatoms. The van der Waals surface area contributed by atoms with E-state index in [2.05, 4.69) is 0 Å². The number of carbonyl (C=O) groups is 1. The number of hydrogen-bond acceptors (Lipinski definition) is 4. The average Bonchev–Trinajstić information content (AvgIpc) is 2.35. The molecular weight excluding hydrogens is 231 g/mol. The minimum Gasteiger partial charge on any atom is -0.496 e. The molecule has 0 spiro atoms. The Bertz CT molecular complexity index is 419. The van der Waals surface area contributed by atoms with E-state index in [9.17, 15) is 9.18 Å². The summed E-state index contributed by atoms with van der Waals surface area (Å²) in [7, 11) is 4.11. The molecule has 0 saturated carbocycles. The van der Waals surface area contributed by atoms with Gasteiger partial charge in [0.15, 0.2) is 11.5 Å². The number of carboxylic acid groups (broad SMARTS) is 1. The quantitative estimate of drug-likeness (QED) is 0.855. The maximum absolute atomic E-state index is 13.5. The van der Waals surface area contributed by atoms with Gasteiger partial charge in [-0.15, -0.1) is 0 Å². The molecule has 1 atom stereocenters. The maximum Gasteiger partial charge on any atom is 0.343 e. The van der Waals surface area contributed by atoms with E-state index in [-0.39, 0.29) is 17.1 Å². The minimum atomic E-state index is -2.18. The van der Waals surface area contributed by atoms with Crippen molar-refractivity contribution < 1.29 is 28.5 Å². The molecule has 1 aromatic rings. The van der Waals surface area contributed by atoms with Crippen LogP contribution in [0.2, 0.25) is 0 Å².